The van der Waals surface area contributed by atoms with Gasteiger partial charge in [-0.1, -0.05) is 42.5 Å². The van der Waals surface area contributed by atoms with Gasteiger partial charge in [0.2, 0.25) is 0 Å². The van der Waals surface area contributed by atoms with Crippen LogP contribution in [-0.2, 0) is 9.63 Å². The second kappa shape index (κ2) is 10.8. The first-order valence-corrected chi connectivity index (χ1v) is 11.1. The maximum atomic E-state index is 13.0. The summed E-state index contributed by atoms with van der Waals surface area (Å²) in [4.78, 5) is 43.6. The third kappa shape index (κ3) is 5.63. The molecule has 0 radical (unpaired) electrons. The van der Waals surface area contributed by atoms with Crippen molar-refractivity contribution < 1.29 is 19.2 Å². The van der Waals surface area contributed by atoms with Gasteiger partial charge in [-0.05, 0) is 50.0 Å². The van der Waals surface area contributed by atoms with Crippen molar-refractivity contribution >= 4 is 40.7 Å². The zero-order valence-electron chi connectivity index (χ0n) is 19.5. The number of carbonyl (C=O) groups excluding carboxylic acids is 3. The highest BCUT2D eigenvalue weighted by Gasteiger charge is 2.28. The number of aldehydes is 1. The van der Waals surface area contributed by atoms with Gasteiger partial charge in [-0.25, -0.2) is 5.48 Å². The van der Waals surface area contributed by atoms with E-state index < -0.39 is 0 Å². The van der Waals surface area contributed by atoms with E-state index >= 15 is 0 Å². The van der Waals surface area contributed by atoms with Gasteiger partial charge >= 0.3 is 0 Å². The zero-order valence-corrected chi connectivity index (χ0v) is 19.5. The molecule has 0 fully saturated rings. The summed E-state index contributed by atoms with van der Waals surface area (Å²) in [6.07, 6.45) is 0.746. The summed E-state index contributed by atoms with van der Waals surface area (Å²) in [5.74, 6) is -0.604. The number of rotatable bonds is 9. The number of benzene rings is 3. The fourth-order valence-electron chi connectivity index (χ4n) is 3.65. The molecule has 1 aliphatic rings. The van der Waals surface area contributed by atoms with Crippen molar-refractivity contribution in [1.82, 2.24) is 10.4 Å². The SMILES string of the molecule is CN(C)CCONC(=O)c1ccc(N/C(=C2\C(=O)Nc3cc(C=O)ccc32)c2ccccc2)cc1. The van der Waals surface area contributed by atoms with Crippen LogP contribution in [0.1, 0.15) is 31.8 Å². The van der Waals surface area contributed by atoms with Crippen LogP contribution in [-0.4, -0.2) is 50.2 Å². The highest BCUT2D eigenvalue weighted by molar-refractivity contribution is 6.37. The monoisotopic (exact) mass is 470 g/mol. The van der Waals surface area contributed by atoms with Crippen molar-refractivity contribution in [3.05, 3.63) is 95.1 Å². The molecule has 0 atom stereocenters. The average Bonchev–Trinajstić information content (AvgIpc) is 3.20. The highest BCUT2D eigenvalue weighted by Crippen LogP contribution is 2.37. The van der Waals surface area contributed by atoms with E-state index in [9.17, 15) is 14.4 Å². The summed E-state index contributed by atoms with van der Waals surface area (Å²) in [5.41, 5.74) is 7.27. The van der Waals surface area contributed by atoms with Crippen molar-refractivity contribution in [2.45, 2.75) is 0 Å². The Labute approximate surface area is 203 Å². The molecule has 0 unspecified atom stereocenters. The summed E-state index contributed by atoms with van der Waals surface area (Å²) in [6, 6.07) is 21.5. The van der Waals surface area contributed by atoms with E-state index in [0.717, 1.165) is 11.8 Å². The second-order valence-electron chi connectivity index (χ2n) is 8.28. The molecule has 0 bridgehead atoms. The molecule has 0 spiro atoms. The van der Waals surface area contributed by atoms with Crippen LogP contribution in [0.15, 0.2) is 72.8 Å². The minimum Gasteiger partial charge on any atom is -0.354 e. The lowest BCUT2D eigenvalue weighted by Gasteiger charge is -2.15. The normalized spacial score (nSPS) is 13.7. The van der Waals surface area contributed by atoms with Crippen molar-refractivity contribution in [2.75, 3.05) is 37.9 Å². The standard InChI is InChI=1S/C27H26N4O4/c1-31(2)14-15-35-30-26(33)20-9-11-21(12-10-20)28-25(19-6-4-3-5-7-19)24-22-13-8-18(17-32)16-23(22)29-27(24)34/h3-13,16-17,28H,14-15H2,1-2H3,(H,29,34)(H,30,33)/b25-24-. The van der Waals surface area contributed by atoms with Gasteiger partial charge in [0, 0.05) is 34.6 Å². The van der Waals surface area contributed by atoms with Crippen LogP contribution in [0.25, 0.3) is 11.3 Å². The molecule has 0 saturated carbocycles. The van der Waals surface area contributed by atoms with Gasteiger partial charge in [0.15, 0.2) is 0 Å². The molecule has 3 N–H and O–H groups in total. The molecule has 35 heavy (non-hydrogen) atoms. The fourth-order valence-corrected chi connectivity index (χ4v) is 3.65. The molecule has 4 rings (SSSR count). The lowest BCUT2D eigenvalue weighted by Crippen LogP contribution is -2.28. The van der Waals surface area contributed by atoms with Crippen LogP contribution in [0, 0.1) is 0 Å². The van der Waals surface area contributed by atoms with Crippen molar-refractivity contribution in [3.8, 4) is 0 Å². The third-order valence-electron chi connectivity index (χ3n) is 5.46. The summed E-state index contributed by atoms with van der Waals surface area (Å²) < 4.78 is 0. The number of nitrogens with one attached hydrogen (secondary N) is 3. The fraction of sp³-hybridized carbons (Fsp3) is 0.148. The predicted octanol–water partition coefficient (Wildman–Crippen LogP) is 3.65. The first kappa shape index (κ1) is 23.9. The molecule has 1 heterocycles. The Morgan fingerprint density at radius 1 is 1.00 bits per heavy atom. The maximum absolute atomic E-state index is 13.0. The maximum Gasteiger partial charge on any atom is 0.274 e. The molecule has 0 saturated heterocycles. The van der Waals surface area contributed by atoms with Gasteiger partial charge in [-0.3, -0.25) is 19.2 Å². The minimum absolute atomic E-state index is 0.264. The smallest absolute Gasteiger partial charge is 0.274 e. The molecule has 1 aliphatic heterocycles. The van der Waals surface area contributed by atoms with Crippen LogP contribution >= 0.6 is 0 Å². The van der Waals surface area contributed by atoms with Gasteiger partial charge in [0.1, 0.15) is 6.29 Å². The quantitative estimate of drug-likeness (QED) is 0.191. The number of hydroxylamine groups is 1. The Hall–Kier alpha value is -4.27. The predicted molar refractivity (Wildman–Crippen MR) is 136 cm³/mol. The average molecular weight is 471 g/mol. The number of nitrogens with zero attached hydrogens (tertiary/aromatic N) is 1. The summed E-state index contributed by atoms with van der Waals surface area (Å²) in [5, 5.41) is 6.20. The van der Waals surface area contributed by atoms with Gasteiger partial charge in [0.05, 0.1) is 17.9 Å². The van der Waals surface area contributed by atoms with E-state index in [4.69, 9.17) is 4.84 Å². The number of carbonyl (C=O) groups is 3. The van der Waals surface area contributed by atoms with E-state index in [1.807, 2.05) is 49.3 Å². The van der Waals surface area contributed by atoms with Crippen LogP contribution in [0.3, 0.4) is 0 Å². The van der Waals surface area contributed by atoms with Gasteiger partial charge in [0.25, 0.3) is 11.8 Å². The molecule has 0 aliphatic carbocycles. The lowest BCUT2D eigenvalue weighted by molar-refractivity contribution is -0.110. The topological polar surface area (TPSA) is 99.8 Å². The van der Waals surface area contributed by atoms with E-state index in [1.165, 1.54) is 0 Å². The number of hydrogen-bond donors (Lipinski definition) is 3. The Balaban J connectivity index is 1.60. The van der Waals surface area contributed by atoms with Crippen LogP contribution < -0.4 is 16.1 Å². The molecule has 178 valence electrons. The van der Waals surface area contributed by atoms with Gasteiger partial charge < -0.3 is 15.5 Å². The molecule has 3 aromatic rings. The number of hydrogen-bond acceptors (Lipinski definition) is 6. The molecular formula is C27H26N4O4. The molecule has 8 nitrogen and oxygen atoms in total. The van der Waals surface area contributed by atoms with Crippen LogP contribution in [0.5, 0.6) is 0 Å². The van der Waals surface area contributed by atoms with Gasteiger partial charge in [-0.2, -0.15) is 0 Å². The number of anilines is 2. The largest absolute Gasteiger partial charge is 0.354 e. The number of amides is 2. The van der Waals surface area contributed by atoms with E-state index in [1.54, 1.807) is 42.5 Å². The first-order valence-electron chi connectivity index (χ1n) is 11.1. The van der Waals surface area contributed by atoms with Crippen molar-refractivity contribution in [2.24, 2.45) is 0 Å². The number of likely N-dealkylation sites (N-methyl/N-ethyl adjacent to an activating group) is 1. The van der Waals surface area contributed by atoms with E-state index in [-0.39, 0.29) is 11.8 Å². The molecule has 3 aromatic carbocycles. The highest BCUT2D eigenvalue weighted by atomic mass is 16.6. The van der Waals surface area contributed by atoms with E-state index in [0.29, 0.717) is 52.5 Å². The van der Waals surface area contributed by atoms with Crippen molar-refractivity contribution in [3.63, 3.8) is 0 Å². The molecular weight excluding hydrogens is 444 g/mol. The third-order valence-corrected chi connectivity index (χ3v) is 5.46. The summed E-state index contributed by atoms with van der Waals surface area (Å²) in [6.45, 7) is 1.07. The Kier molecular flexibility index (Phi) is 7.35. The Morgan fingerprint density at radius 3 is 2.43 bits per heavy atom. The first-order chi connectivity index (χ1) is 17.0. The second-order valence-corrected chi connectivity index (χ2v) is 8.28. The zero-order chi connectivity index (χ0) is 24.8. The van der Waals surface area contributed by atoms with Crippen molar-refractivity contribution in [1.29, 1.82) is 0 Å². The lowest BCUT2D eigenvalue weighted by atomic mass is 9.99. The summed E-state index contributed by atoms with van der Waals surface area (Å²) in [7, 11) is 3.85. The van der Waals surface area contributed by atoms with Gasteiger partial charge in [-0.15, -0.1) is 0 Å². The van der Waals surface area contributed by atoms with E-state index in [2.05, 4.69) is 16.1 Å². The molecule has 8 heteroatoms. The van der Waals surface area contributed by atoms with Crippen LogP contribution in [0.4, 0.5) is 11.4 Å². The number of fused-ring (bicyclic) bond motifs is 1. The molecule has 0 aromatic heterocycles. The minimum atomic E-state index is -0.341. The van der Waals surface area contributed by atoms with Crippen LogP contribution in [0.2, 0.25) is 0 Å². The summed E-state index contributed by atoms with van der Waals surface area (Å²) >= 11 is 0. The molecule has 2 amide bonds. The Bertz CT molecular complexity index is 1270. The Morgan fingerprint density at radius 2 is 1.74 bits per heavy atom.